The van der Waals surface area contributed by atoms with Crippen molar-refractivity contribution in [2.24, 2.45) is 0 Å². The molecule has 6 nitrogen and oxygen atoms in total. The van der Waals surface area contributed by atoms with Gasteiger partial charge in [0.05, 0.1) is 5.56 Å². The lowest BCUT2D eigenvalue weighted by Gasteiger charge is -2.16. The second-order valence-electron chi connectivity index (χ2n) is 5.94. The molecule has 2 amide bonds. The Hall–Kier alpha value is -3.10. The number of halogens is 3. The van der Waals surface area contributed by atoms with Crippen molar-refractivity contribution < 1.29 is 27.5 Å². The van der Waals surface area contributed by atoms with E-state index >= 15 is 0 Å². The first-order chi connectivity index (χ1) is 12.8. The number of benzene rings is 1. The van der Waals surface area contributed by atoms with E-state index < -0.39 is 18.7 Å². The summed E-state index contributed by atoms with van der Waals surface area (Å²) in [6.07, 6.45) is -1.96. The molecule has 0 aliphatic carbocycles. The number of carbonyl (C=O) groups is 2. The molecule has 1 aliphatic heterocycles. The number of pyridine rings is 1. The van der Waals surface area contributed by atoms with Gasteiger partial charge in [-0.25, -0.2) is 4.98 Å². The van der Waals surface area contributed by atoms with E-state index in [-0.39, 0.29) is 17.4 Å². The third kappa shape index (κ3) is 4.96. The minimum Gasteiger partial charge on any atom is -0.468 e. The lowest BCUT2D eigenvalue weighted by atomic mass is 10.2. The Balaban J connectivity index is 1.59. The predicted octanol–water partition coefficient (Wildman–Crippen LogP) is 3.40. The molecule has 0 radical (unpaired) electrons. The molecule has 1 saturated heterocycles. The van der Waals surface area contributed by atoms with Gasteiger partial charge in [-0.1, -0.05) is 0 Å². The maximum absolute atomic E-state index is 12.2. The highest BCUT2D eigenvalue weighted by Gasteiger charge is 2.28. The highest BCUT2D eigenvalue weighted by molar-refractivity contribution is 6.04. The van der Waals surface area contributed by atoms with Crippen LogP contribution in [-0.4, -0.2) is 36.1 Å². The number of alkyl halides is 3. The van der Waals surface area contributed by atoms with Gasteiger partial charge >= 0.3 is 6.18 Å². The lowest BCUT2D eigenvalue weighted by molar-refractivity contribution is -0.154. The summed E-state index contributed by atoms with van der Waals surface area (Å²) in [6, 6.07) is 9.35. The fourth-order valence-corrected chi connectivity index (χ4v) is 2.60. The topological polar surface area (TPSA) is 71.5 Å². The molecule has 0 saturated carbocycles. The monoisotopic (exact) mass is 379 g/mol. The van der Waals surface area contributed by atoms with Crippen molar-refractivity contribution in [3.63, 3.8) is 0 Å². The van der Waals surface area contributed by atoms with Crippen molar-refractivity contribution >= 4 is 23.2 Å². The first kappa shape index (κ1) is 18.7. The van der Waals surface area contributed by atoms with E-state index in [2.05, 4.69) is 15.0 Å². The summed E-state index contributed by atoms with van der Waals surface area (Å²) in [5.74, 6) is -0.607. The summed E-state index contributed by atoms with van der Waals surface area (Å²) < 4.78 is 40.8. The fourth-order valence-electron chi connectivity index (χ4n) is 2.60. The zero-order valence-corrected chi connectivity index (χ0v) is 14.1. The van der Waals surface area contributed by atoms with Gasteiger partial charge in [0.2, 0.25) is 11.8 Å². The molecular weight excluding hydrogens is 363 g/mol. The average molecular weight is 379 g/mol. The fraction of sp³-hybridized carbons (Fsp3) is 0.278. The van der Waals surface area contributed by atoms with E-state index in [0.29, 0.717) is 18.7 Å². The van der Waals surface area contributed by atoms with Gasteiger partial charge in [0.25, 0.3) is 5.91 Å². The van der Waals surface area contributed by atoms with Crippen LogP contribution >= 0.6 is 0 Å². The zero-order chi connectivity index (χ0) is 19.4. The summed E-state index contributed by atoms with van der Waals surface area (Å²) in [5, 5.41) is 2.66. The summed E-state index contributed by atoms with van der Waals surface area (Å²) in [7, 11) is 0. The standard InChI is InChI=1S/C18H16F3N3O3/c19-18(20,21)11-27-15-8-3-12(10-22-15)17(26)23-13-4-6-14(7-5-13)24-9-1-2-16(24)25/h3-8,10H,1-2,9,11H2,(H,23,26). The SMILES string of the molecule is O=C(Nc1ccc(N2CCCC2=O)cc1)c1ccc(OCC(F)(F)F)nc1. The van der Waals surface area contributed by atoms with E-state index in [1.165, 1.54) is 12.1 Å². The van der Waals surface area contributed by atoms with Crippen molar-refractivity contribution in [1.29, 1.82) is 0 Å². The van der Waals surface area contributed by atoms with Crippen molar-refractivity contribution in [3.8, 4) is 5.88 Å². The molecular formula is C18H16F3N3O3. The van der Waals surface area contributed by atoms with Gasteiger partial charge in [0.15, 0.2) is 6.61 Å². The molecule has 1 aliphatic rings. The Morgan fingerprint density at radius 1 is 1.19 bits per heavy atom. The van der Waals surface area contributed by atoms with Gasteiger partial charge in [0.1, 0.15) is 0 Å². The minimum absolute atomic E-state index is 0.0747. The number of hydrogen-bond acceptors (Lipinski definition) is 4. The van der Waals surface area contributed by atoms with Gasteiger partial charge in [-0.3, -0.25) is 9.59 Å². The van der Waals surface area contributed by atoms with Gasteiger partial charge in [0, 0.05) is 36.6 Å². The Labute approximate surface area is 152 Å². The molecule has 1 fully saturated rings. The highest BCUT2D eigenvalue weighted by Crippen LogP contribution is 2.23. The molecule has 27 heavy (non-hydrogen) atoms. The summed E-state index contributed by atoms with van der Waals surface area (Å²) in [5.41, 5.74) is 1.46. The number of nitrogens with zero attached hydrogens (tertiary/aromatic N) is 2. The van der Waals surface area contributed by atoms with Crippen LogP contribution in [0.2, 0.25) is 0 Å². The average Bonchev–Trinajstić information content (AvgIpc) is 3.06. The number of aromatic nitrogens is 1. The van der Waals surface area contributed by atoms with E-state index in [0.717, 1.165) is 18.3 Å². The quantitative estimate of drug-likeness (QED) is 0.864. The number of ether oxygens (including phenoxy) is 1. The maximum atomic E-state index is 12.2. The molecule has 142 valence electrons. The Morgan fingerprint density at radius 3 is 2.48 bits per heavy atom. The molecule has 0 unspecified atom stereocenters. The molecule has 0 bridgehead atoms. The van der Waals surface area contributed by atoms with E-state index in [1.807, 2.05) is 0 Å². The molecule has 1 aromatic carbocycles. The second kappa shape index (κ2) is 7.65. The molecule has 1 aromatic heterocycles. The number of carbonyl (C=O) groups excluding carboxylic acids is 2. The van der Waals surface area contributed by atoms with Gasteiger partial charge in [-0.2, -0.15) is 13.2 Å². The van der Waals surface area contributed by atoms with Crippen LogP contribution in [0.3, 0.4) is 0 Å². The van der Waals surface area contributed by atoms with Crippen LogP contribution in [0.25, 0.3) is 0 Å². The van der Waals surface area contributed by atoms with Crippen molar-refractivity contribution in [2.45, 2.75) is 19.0 Å². The van der Waals surface area contributed by atoms with Crippen LogP contribution in [0.1, 0.15) is 23.2 Å². The lowest BCUT2D eigenvalue weighted by Crippen LogP contribution is -2.23. The van der Waals surface area contributed by atoms with Gasteiger partial charge < -0.3 is 15.0 Å². The first-order valence-electron chi connectivity index (χ1n) is 8.19. The number of amides is 2. The third-order valence-electron chi connectivity index (χ3n) is 3.89. The van der Waals surface area contributed by atoms with Crippen molar-refractivity contribution in [3.05, 3.63) is 48.2 Å². The largest absolute Gasteiger partial charge is 0.468 e. The maximum Gasteiger partial charge on any atom is 0.422 e. The molecule has 1 N–H and O–H groups in total. The first-order valence-corrected chi connectivity index (χ1v) is 8.19. The molecule has 3 rings (SSSR count). The Morgan fingerprint density at radius 2 is 1.93 bits per heavy atom. The normalized spacial score (nSPS) is 14.3. The molecule has 2 aromatic rings. The van der Waals surface area contributed by atoms with E-state index in [1.54, 1.807) is 29.2 Å². The highest BCUT2D eigenvalue weighted by atomic mass is 19.4. The third-order valence-corrected chi connectivity index (χ3v) is 3.89. The van der Waals surface area contributed by atoms with Crippen LogP contribution < -0.4 is 15.0 Å². The minimum atomic E-state index is -4.45. The number of rotatable bonds is 5. The van der Waals surface area contributed by atoms with Gasteiger partial charge in [-0.15, -0.1) is 0 Å². The smallest absolute Gasteiger partial charge is 0.422 e. The Bertz CT molecular complexity index is 820. The van der Waals surface area contributed by atoms with Crippen LogP contribution in [0, 0.1) is 0 Å². The van der Waals surface area contributed by atoms with E-state index in [4.69, 9.17) is 0 Å². The number of nitrogens with one attached hydrogen (secondary N) is 1. The summed E-state index contributed by atoms with van der Waals surface area (Å²) >= 11 is 0. The van der Waals surface area contributed by atoms with Crippen LogP contribution in [-0.2, 0) is 4.79 Å². The van der Waals surface area contributed by atoms with Crippen LogP contribution in [0.4, 0.5) is 24.5 Å². The molecule has 0 spiro atoms. The molecule has 9 heteroatoms. The van der Waals surface area contributed by atoms with Crippen LogP contribution in [0.5, 0.6) is 5.88 Å². The Kier molecular flexibility index (Phi) is 5.29. The van der Waals surface area contributed by atoms with E-state index in [9.17, 15) is 22.8 Å². The predicted molar refractivity (Wildman–Crippen MR) is 91.8 cm³/mol. The van der Waals surface area contributed by atoms with Crippen molar-refractivity contribution in [1.82, 2.24) is 4.98 Å². The zero-order valence-electron chi connectivity index (χ0n) is 14.1. The second-order valence-corrected chi connectivity index (χ2v) is 5.94. The number of anilines is 2. The van der Waals surface area contributed by atoms with Crippen LogP contribution in [0.15, 0.2) is 42.6 Å². The summed E-state index contributed by atoms with van der Waals surface area (Å²) in [6.45, 7) is -0.767. The molecule has 0 atom stereocenters. The molecule has 2 heterocycles. The van der Waals surface area contributed by atoms with Gasteiger partial charge in [-0.05, 0) is 36.8 Å². The van der Waals surface area contributed by atoms with Crippen molar-refractivity contribution in [2.75, 3.05) is 23.4 Å². The summed E-state index contributed by atoms with van der Waals surface area (Å²) in [4.78, 5) is 29.3. The number of hydrogen-bond donors (Lipinski definition) is 1.